The van der Waals surface area contributed by atoms with Crippen LogP contribution in [0.3, 0.4) is 0 Å². The smallest absolute Gasteiger partial charge is 0.160 e. The van der Waals surface area contributed by atoms with Crippen molar-refractivity contribution in [1.82, 2.24) is 9.13 Å². The lowest BCUT2D eigenvalue weighted by atomic mass is 9.89. The molecule has 0 spiro atoms. The number of furan rings is 2. The molecule has 4 nitrogen and oxygen atoms in total. The van der Waals surface area contributed by atoms with Gasteiger partial charge in [-0.3, -0.25) is 0 Å². The first-order valence-electron chi connectivity index (χ1n) is 34.9. The van der Waals surface area contributed by atoms with Gasteiger partial charge in [0.2, 0.25) is 0 Å². The molecule has 0 saturated heterocycles. The predicted octanol–water partition coefficient (Wildman–Crippen LogP) is 28.4. The number of rotatable bonds is 4. The first kappa shape index (κ1) is 56.1. The minimum atomic E-state index is 0.903. The molecular weight excluding hydrogens is 1280 g/mol. The molecule has 18 aromatic carbocycles. The molecule has 24 aromatic rings. The molecule has 0 radical (unpaired) electrons. The lowest BCUT2D eigenvalue weighted by Crippen LogP contribution is -1.95. The molecule has 102 heavy (non-hydrogen) atoms. The molecule has 6 heterocycles. The van der Waals surface area contributed by atoms with Gasteiger partial charge in [-0.25, -0.2) is 0 Å². The van der Waals surface area contributed by atoms with E-state index in [9.17, 15) is 0 Å². The van der Waals surface area contributed by atoms with Gasteiger partial charge in [-0.15, -0.1) is 22.7 Å². The highest BCUT2D eigenvalue weighted by Crippen LogP contribution is 2.54. The number of para-hydroxylation sites is 4. The number of aromatic nitrogens is 2. The average Bonchev–Trinajstić information content (AvgIpc) is 1.51. The van der Waals surface area contributed by atoms with Crippen molar-refractivity contribution < 1.29 is 8.83 Å². The van der Waals surface area contributed by atoms with Crippen LogP contribution >= 0.6 is 22.7 Å². The van der Waals surface area contributed by atoms with Crippen LogP contribution in [-0.4, -0.2) is 9.13 Å². The van der Waals surface area contributed by atoms with E-state index in [1.807, 2.05) is 22.7 Å². The maximum Gasteiger partial charge on any atom is 0.160 e. The first-order valence-corrected chi connectivity index (χ1v) is 36.5. The van der Waals surface area contributed by atoms with Gasteiger partial charge in [0.15, 0.2) is 11.2 Å². The lowest BCUT2D eigenvalue weighted by molar-refractivity contribution is 0.671. The van der Waals surface area contributed by atoms with Crippen LogP contribution in [0.25, 0.3) is 226 Å². The van der Waals surface area contributed by atoms with Crippen molar-refractivity contribution in [2.45, 2.75) is 0 Å². The number of hydrogen-bond donors (Lipinski definition) is 0. The van der Waals surface area contributed by atoms with E-state index in [0.29, 0.717) is 0 Å². The van der Waals surface area contributed by atoms with Crippen LogP contribution in [0.2, 0.25) is 0 Å². The Labute approximate surface area is 590 Å². The summed E-state index contributed by atoms with van der Waals surface area (Å²) in [5, 5.41) is 30.0. The standard InChI is InChI=1S/2C48H27NOS/c1-3-17-33-31(15-1)32-16-2-4-18-34(32)44-43(33)45-35-19-5-8-23-38(35)49(47(45)48-46(44)36-20-6-9-24-39(36)50-48)29-14-11-13-28(27-29)30-22-12-26-41-42(30)37-21-7-10-25-40(37)51-41;1-3-14-33-31(12-1)32-13-2-4-15-34(32)44-43(33)45-35-16-5-8-20-38(35)49(47(45)48-46(44)36-17-6-9-21-39(36)50-48)29-26-24-28(25-27-29)30-19-11-23-41-42(30)37-18-7-10-22-40(37)51-41/h2*1-27H. The van der Waals surface area contributed by atoms with Gasteiger partial charge in [0.25, 0.3) is 0 Å². The molecule has 0 aliphatic carbocycles. The Bertz CT molecular complexity index is 7760. The third kappa shape index (κ3) is 7.74. The van der Waals surface area contributed by atoms with E-state index < -0.39 is 0 Å². The van der Waals surface area contributed by atoms with Gasteiger partial charge >= 0.3 is 0 Å². The third-order valence-electron chi connectivity index (χ3n) is 21.9. The Balaban J connectivity index is 0.000000126. The van der Waals surface area contributed by atoms with Crippen LogP contribution in [-0.2, 0) is 0 Å². The van der Waals surface area contributed by atoms with Crippen LogP contribution in [0.15, 0.2) is 336 Å². The second-order valence-corrected chi connectivity index (χ2v) is 29.3. The van der Waals surface area contributed by atoms with Crippen molar-refractivity contribution in [3.63, 3.8) is 0 Å². The van der Waals surface area contributed by atoms with Crippen LogP contribution in [0, 0.1) is 0 Å². The first-order chi connectivity index (χ1) is 50.7. The van der Waals surface area contributed by atoms with Crippen LogP contribution in [0.4, 0.5) is 0 Å². The second kappa shape index (κ2) is 21.3. The zero-order chi connectivity index (χ0) is 66.4. The largest absolute Gasteiger partial charge is 0.454 e. The van der Waals surface area contributed by atoms with Gasteiger partial charge < -0.3 is 18.0 Å². The number of benzene rings is 18. The third-order valence-corrected chi connectivity index (χ3v) is 24.2. The Morgan fingerprint density at radius 2 is 0.549 bits per heavy atom. The summed E-state index contributed by atoms with van der Waals surface area (Å²) >= 11 is 3.73. The minimum absolute atomic E-state index is 0.903. The van der Waals surface area contributed by atoms with Gasteiger partial charge in [0, 0.05) is 116 Å². The van der Waals surface area contributed by atoms with Crippen molar-refractivity contribution in [2.24, 2.45) is 0 Å². The second-order valence-electron chi connectivity index (χ2n) is 27.1. The molecular formula is C96H54N2O2S2. The number of nitrogens with zero attached hydrogens (tertiary/aromatic N) is 2. The SMILES string of the molecule is c1cc(-c2cccc3sc4ccccc4c23)cc(-n2c3ccccc3c3c4c5ccccc5c5ccccc5c4c4c5ccccc5oc4c32)c1.c1ccc2c(c1)oc1c2c2c3ccccc3c3ccccc3c2c2c3ccccc3n(-c3ccc(-c4cccc5sc6ccccc6c45)cc3)c12. The fourth-order valence-electron chi connectivity index (χ4n) is 17.8. The van der Waals surface area contributed by atoms with E-state index in [4.69, 9.17) is 8.83 Å². The highest BCUT2D eigenvalue weighted by Gasteiger charge is 2.29. The highest BCUT2D eigenvalue weighted by molar-refractivity contribution is 7.26. The molecule has 6 heteroatoms. The van der Waals surface area contributed by atoms with Gasteiger partial charge in [-0.05, 0) is 138 Å². The van der Waals surface area contributed by atoms with Crippen LogP contribution in [0.1, 0.15) is 0 Å². The predicted molar refractivity (Wildman–Crippen MR) is 438 cm³/mol. The van der Waals surface area contributed by atoms with Crippen molar-refractivity contribution >= 4 is 215 Å². The van der Waals surface area contributed by atoms with E-state index in [1.165, 1.54) is 160 Å². The number of fused-ring (bicyclic) bond motifs is 36. The minimum Gasteiger partial charge on any atom is -0.454 e. The summed E-state index contributed by atoms with van der Waals surface area (Å²) in [6.07, 6.45) is 0. The zero-order valence-corrected chi connectivity index (χ0v) is 56.3. The molecule has 0 amide bonds. The lowest BCUT2D eigenvalue weighted by Gasteiger charge is -2.15. The Hall–Kier alpha value is -12.8. The van der Waals surface area contributed by atoms with Gasteiger partial charge in [0.1, 0.15) is 11.2 Å². The van der Waals surface area contributed by atoms with Gasteiger partial charge in [0.05, 0.1) is 22.1 Å². The summed E-state index contributed by atoms with van der Waals surface area (Å²) in [5.41, 5.74) is 15.3. The van der Waals surface area contributed by atoms with Crippen molar-refractivity contribution in [2.75, 3.05) is 0 Å². The normalized spacial score (nSPS) is 12.3. The molecule has 0 fully saturated rings. The molecule has 0 unspecified atom stereocenters. The van der Waals surface area contributed by atoms with E-state index in [-0.39, 0.29) is 0 Å². The van der Waals surface area contributed by atoms with Crippen LogP contribution in [0.5, 0.6) is 0 Å². The topological polar surface area (TPSA) is 36.1 Å². The molecule has 472 valence electrons. The zero-order valence-electron chi connectivity index (χ0n) is 54.7. The summed E-state index contributed by atoms with van der Waals surface area (Å²) in [6.45, 7) is 0. The molecule has 24 rings (SSSR count). The van der Waals surface area contributed by atoms with E-state index in [0.717, 1.165) is 66.5 Å². The maximum absolute atomic E-state index is 7.02. The summed E-state index contributed by atoms with van der Waals surface area (Å²) < 4.78 is 24.2. The Morgan fingerprint density at radius 3 is 1.01 bits per heavy atom. The summed E-state index contributed by atoms with van der Waals surface area (Å²) in [5.74, 6) is 0. The monoisotopic (exact) mass is 1330 g/mol. The fraction of sp³-hybridized carbons (Fsp3) is 0. The van der Waals surface area contributed by atoms with Gasteiger partial charge in [-0.1, -0.05) is 255 Å². The fourth-order valence-corrected chi connectivity index (χ4v) is 20.1. The van der Waals surface area contributed by atoms with Crippen molar-refractivity contribution in [3.05, 3.63) is 328 Å². The Morgan fingerprint density at radius 1 is 0.206 bits per heavy atom. The van der Waals surface area contributed by atoms with E-state index in [2.05, 4.69) is 337 Å². The molecule has 6 aromatic heterocycles. The highest BCUT2D eigenvalue weighted by atomic mass is 32.1. The van der Waals surface area contributed by atoms with E-state index >= 15 is 0 Å². The quantitative estimate of drug-likeness (QED) is 0.165. The van der Waals surface area contributed by atoms with Crippen molar-refractivity contribution in [1.29, 1.82) is 0 Å². The molecule has 0 atom stereocenters. The average molecular weight is 1330 g/mol. The summed E-state index contributed by atoms with van der Waals surface area (Å²) in [4.78, 5) is 0. The molecule has 0 aliphatic rings. The van der Waals surface area contributed by atoms with Crippen LogP contribution < -0.4 is 0 Å². The molecule has 0 aliphatic heterocycles. The Kier molecular flexibility index (Phi) is 11.7. The molecule has 0 bridgehead atoms. The van der Waals surface area contributed by atoms with Gasteiger partial charge in [-0.2, -0.15) is 0 Å². The summed E-state index contributed by atoms with van der Waals surface area (Å²) in [7, 11) is 0. The maximum atomic E-state index is 7.02. The van der Waals surface area contributed by atoms with E-state index in [1.54, 1.807) is 0 Å². The number of hydrogen-bond acceptors (Lipinski definition) is 4. The molecule has 0 saturated carbocycles. The van der Waals surface area contributed by atoms with Crippen molar-refractivity contribution in [3.8, 4) is 33.6 Å². The summed E-state index contributed by atoms with van der Waals surface area (Å²) in [6, 6.07) is 119. The molecule has 0 N–H and O–H groups in total. The number of thiophene rings is 2.